The van der Waals surface area contributed by atoms with Crippen LogP contribution in [0.4, 0.5) is 5.69 Å². The fourth-order valence-electron chi connectivity index (χ4n) is 1.95. The van der Waals surface area contributed by atoms with Crippen LogP contribution in [0.15, 0.2) is 48.5 Å². The normalized spacial score (nSPS) is 11.7. The van der Waals surface area contributed by atoms with Crippen LogP contribution in [0.2, 0.25) is 0 Å². The van der Waals surface area contributed by atoms with Crippen LogP contribution in [0.3, 0.4) is 0 Å². The number of esters is 1. The minimum atomic E-state index is -0.356. The van der Waals surface area contributed by atoms with E-state index in [1.807, 2.05) is 25.1 Å². The van der Waals surface area contributed by atoms with Crippen molar-refractivity contribution in [2.24, 2.45) is 0 Å². The number of hydrogen-bond donors (Lipinski definition) is 2. The molecule has 4 heteroatoms. The lowest BCUT2D eigenvalue weighted by atomic mass is 10.1. The van der Waals surface area contributed by atoms with Gasteiger partial charge in [0.15, 0.2) is 0 Å². The van der Waals surface area contributed by atoms with Crippen molar-refractivity contribution in [2.45, 2.75) is 13.0 Å². The number of ether oxygens (including phenoxy) is 1. The van der Waals surface area contributed by atoms with Gasteiger partial charge in [-0.1, -0.05) is 18.2 Å². The molecular weight excluding hydrogens is 254 g/mol. The molecular formula is C16H17NO3. The van der Waals surface area contributed by atoms with Gasteiger partial charge in [0, 0.05) is 11.7 Å². The lowest BCUT2D eigenvalue weighted by Crippen LogP contribution is -2.08. The van der Waals surface area contributed by atoms with Gasteiger partial charge in [-0.3, -0.25) is 0 Å². The van der Waals surface area contributed by atoms with E-state index in [4.69, 9.17) is 4.74 Å². The van der Waals surface area contributed by atoms with Crippen molar-refractivity contribution >= 4 is 11.7 Å². The van der Waals surface area contributed by atoms with E-state index in [-0.39, 0.29) is 17.8 Å². The number of nitrogens with one attached hydrogen (secondary N) is 1. The summed E-state index contributed by atoms with van der Waals surface area (Å²) in [6, 6.07) is 14.2. The summed E-state index contributed by atoms with van der Waals surface area (Å²) in [6.45, 7) is 2.01. The molecule has 0 aromatic heterocycles. The smallest absolute Gasteiger partial charge is 0.337 e. The Morgan fingerprint density at radius 2 is 1.90 bits per heavy atom. The number of carbonyl (C=O) groups excluding carboxylic acids is 1. The lowest BCUT2D eigenvalue weighted by Gasteiger charge is -2.16. The Morgan fingerprint density at radius 1 is 1.20 bits per heavy atom. The van der Waals surface area contributed by atoms with Gasteiger partial charge >= 0.3 is 5.97 Å². The topological polar surface area (TPSA) is 58.6 Å². The highest BCUT2D eigenvalue weighted by molar-refractivity contribution is 5.90. The van der Waals surface area contributed by atoms with E-state index in [0.717, 1.165) is 11.3 Å². The summed E-state index contributed by atoms with van der Waals surface area (Å²) in [4.78, 5) is 11.5. The number of hydrogen-bond acceptors (Lipinski definition) is 4. The molecule has 0 bridgehead atoms. The van der Waals surface area contributed by atoms with Gasteiger partial charge in [-0.05, 0) is 42.8 Å². The van der Waals surface area contributed by atoms with Gasteiger partial charge in [0.2, 0.25) is 0 Å². The van der Waals surface area contributed by atoms with Crippen molar-refractivity contribution in [3.05, 3.63) is 59.7 Å². The highest BCUT2D eigenvalue weighted by atomic mass is 16.5. The molecule has 0 radical (unpaired) electrons. The number of phenols is 1. The van der Waals surface area contributed by atoms with Crippen molar-refractivity contribution in [3.63, 3.8) is 0 Å². The molecule has 1 atom stereocenters. The molecule has 0 saturated heterocycles. The molecule has 2 aromatic carbocycles. The summed E-state index contributed by atoms with van der Waals surface area (Å²) in [5.74, 6) is -0.112. The molecule has 4 nitrogen and oxygen atoms in total. The van der Waals surface area contributed by atoms with Gasteiger partial charge < -0.3 is 15.2 Å². The zero-order chi connectivity index (χ0) is 14.5. The number of aromatic hydroxyl groups is 1. The van der Waals surface area contributed by atoms with Crippen LogP contribution in [0.25, 0.3) is 0 Å². The molecule has 0 amide bonds. The molecule has 0 aliphatic heterocycles. The Morgan fingerprint density at radius 3 is 2.55 bits per heavy atom. The van der Waals surface area contributed by atoms with Crippen molar-refractivity contribution in [3.8, 4) is 5.75 Å². The van der Waals surface area contributed by atoms with Crippen LogP contribution in [0.1, 0.15) is 28.9 Å². The SMILES string of the molecule is COC(=O)c1cccc(NC(C)c2ccc(O)cc2)c1. The summed E-state index contributed by atoms with van der Waals surface area (Å²) in [7, 11) is 1.36. The fourth-order valence-corrected chi connectivity index (χ4v) is 1.95. The molecule has 0 aliphatic rings. The summed E-state index contributed by atoms with van der Waals surface area (Å²) in [5, 5.41) is 12.6. The maximum absolute atomic E-state index is 11.5. The Kier molecular flexibility index (Phi) is 4.25. The lowest BCUT2D eigenvalue weighted by molar-refractivity contribution is 0.0601. The number of carbonyl (C=O) groups is 1. The highest BCUT2D eigenvalue weighted by Gasteiger charge is 2.08. The van der Waals surface area contributed by atoms with Gasteiger partial charge in [-0.15, -0.1) is 0 Å². The first-order valence-electron chi connectivity index (χ1n) is 6.34. The van der Waals surface area contributed by atoms with E-state index < -0.39 is 0 Å². The molecule has 2 N–H and O–H groups in total. The summed E-state index contributed by atoms with van der Waals surface area (Å²) >= 11 is 0. The van der Waals surface area contributed by atoms with E-state index in [9.17, 15) is 9.90 Å². The van der Waals surface area contributed by atoms with Gasteiger partial charge in [-0.2, -0.15) is 0 Å². The summed E-state index contributed by atoms with van der Waals surface area (Å²) < 4.78 is 4.70. The second kappa shape index (κ2) is 6.10. The van der Waals surface area contributed by atoms with Crippen molar-refractivity contribution in [2.75, 3.05) is 12.4 Å². The molecule has 0 aliphatic carbocycles. The van der Waals surface area contributed by atoms with Crippen LogP contribution in [0, 0.1) is 0 Å². The molecule has 0 heterocycles. The molecule has 20 heavy (non-hydrogen) atoms. The quantitative estimate of drug-likeness (QED) is 0.837. The van der Waals surface area contributed by atoms with Crippen molar-refractivity contribution in [1.82, 2.24) is 0 Å². The zero-order valence-corrected chi connectivity index (χ0v) is 11.5. The molecule has 0 fully saturated rings. The molecule has 104 valence electrons. The Bertz CT molecular complexity index is 593. The van der Waals surface area contributed by atoms with Crippen molar-refractivity contribution < 1.29 is 14.6 Å². The minimum absolute atomic E-state index is 0.0588. The Labute approximate surface area is 118 Å². The second-order valence-corrected chi connectivity index (χ2v) is 4.53. The Hall–Kier alpha value is -2.49. The largest absolute Gasteiger partial charge is 0.508 e. The molecule has 0 saturated carbocycles. The van der Waals surface area contributed by atoms with Gasteiger partial charge in [-0.25, -0.2) is 4.79 Å². The predicted molar refractivity (Wildman–Crippen MR) is 77.9 cm³/mol. The monoisotopic (exact) mass is 271 g/mol. The standard InChI is InChI=1S/C16H17NO3/c1-11(12-6-8-15(18)9-7-12)17-14-5-3-4-13(10-14)16(19)20-2/h3-11,17-18H,1-2H3. The van der Waals surface area contributed by atoms with Crippen LogP contribution >= 0.6 is 0 Å². The van der Waals surface area contributed by atoms with E-state index in [1.165, 1.54) is 7.11 Å². The third-order valence-electron chi connectivity index (χ3n) is 3.06. The average molecular weight is 271 g/mol. The maximum atomic E-state index is 11.5. The summed E-state index contributed by atoms with van der Waals surface area (Å²) in [5.41, 5.74) is 2.40. The van der Waals surface area contributed by atoms with Crippen molar-refractivity contribution in [1.29, 1.82) is 0 Å². The number of rotatable bonds is 4. The minimum Gasteiger partial charge on any atom is -0.508 e. The Balaban J connectivity index is 2.13. The number of phenolic OH excluding ortho intramolecular Hbond substituents is 1. The van der Waals surface area contributed by atoms with E-state index in [2.05, 4.69) is 5.32 Å². The molecule has 0 spiro atoms. The highest BCUT2D eigenvalue weighted by Crippen LogP contribution is 2.22. The first kappa shape index (κ1) is 13.9. The molecule has 1 unspecified atom stereocenters. The maximum Gasteiger partial charge on any atom is 0.337 e. The fraction of sp³-hybridized carbons (Fsp3) is 0.188. The first-order valence-corrected chi connectivity index (χ1v) is 6.34. The van der Waals surface area contributed by atoms with Crippen LogP contribution < -0.4 is 5.32 Å². The zero-order valence-electron chi connectivity index (χ0n) is 11.5. The average Bonchev–Trinajstić information content (AvgIpc) is 2.47. The van der Waals surface area contributed by atoms with Crippen LogP contribution in [0.5, 0.6) is 5.75 Å². The molecule has 2 rings (SSSR count). The van der Waals surface area contributed by atoms with Crippen LogP contribution in [-0.4, -0.2) is 18.2 Å². The number of anilines is 1. The van der Waals surface area contributed by atoms with Crippen LogP contribution in [-0.2, 0) is 4.74 Å². The third-order valence-corrected chi connectivity index (χ3v) is 3.06. The summed E-state index contributed by atoms with van der Waals surface area (Å²) in [6.07, 6.45) is 0. The van der Waals surface area contributed by atoms with E-state index in [0.29, 0.717) is 5.56 Å². The second-order valence-electron chi connectivity index (χ2n) is 4.53. The van der Waals surface area contributed by atoms with E-state index >= 15 is 0 Å². The van der Waals surface area contributed by atoms with E-state index in [1.54, 1.807) is 30.3 Å². The van der Waals surface area contributed by atoms with Gasteiger partial charge in [0.1, 0.15) is 5.75 Å². The number of benzene rings is 2. The first-order chi connectivity index (χ1) is 9.60. The third kappa shape index (κ3) is 3.29. The predicted octanol–water partition coefficient (Wildman–Crippen LogP) is 3.35. The van der Waals surface area contributed by atoms with Gasteiger partial charge in [0.25, 0.3) is 0 Å². The number of methoxy groups -OCH3 is 1. The molecule has 2 aromatic rings. The van der Waals surface area contributed by atoms with Gasteiger partial charge in [0.05, 0.1) is 12.7 Å².